The van der Waals surface area contributed by atoms with E-state index in [1.165, 1.54) is 20.3 Å². The summed E-state index contributed by atoms with van der Waals surface area (Å²) in [6, 6.07) is 15.1. The third-order valence-electron chi connectivity index (χ3n) is 3.49. The van der Waals surface area contributed by atoms with Gasteiger partial charge in [-0.3, -0.25) is 0 Å². The summed E-state index contributed by atoms with van der Waals surface area (Å²) in [6.07, 6.45) is 0.918. The summed E-state index contributed by atoms with van der Waals surface area (Å²) in [6.45, 7) is 2.11. The Morgan fingerprint density at radius 3 is 2.60 bits per heavy atom. The third-order valence-corrected chi connectivity index (χ3v) is 4.47. The lowest BCUT2D eigenvalue weighted by Crippen LogP contribution is -2.20. The summed E-state index contributed by atoms with van der Waals surface area (Å²) in [5.74, 6) is 0.960. The number of benzene rings is 2. The van der Waals surface area contributed by atoms with Crippen LogP contribution < -0.4 is 10.1 Å². The molecule has 1 atom stereocenters. The van der Waals surface area contributed by atoms with E-state index in [-0.39, 0.29) is 0 Å². The Labute approximate surface area is 134 Å². The number of hydrogen-bond acceptors (Lipinski definition) is 2. The van der Waals surface area contributed by atoms with Gasteiger partial charge < -0.3 is 10.1 Å². The zero-order chi connectivity index (χ0) is 14.5. The van der Waals surface area contributed by atoms with E-state index in [2.05, 4.69) is 71.2 Å². The molecule has 0 radical (unpaired) electrons. The molecule has 2 aromatic carbocycles. The minimum atomic E-state index is 0.291. The van der Waals surface area contributed by atoms with Gasteiger partial charge in [-0.15, -0.1) is 0 Å². The van der Waals surface area contributed by atoms with Crippen molar-refractivity contribution < 1.29 is 4.74 Å². The Hall–Kier alpha value is -1.07. The van der Waals surface area contributed by atoms with Crippen molar-refractivity contribution in [1.29, 1.82) is 0 Å². The quantitative estimate of drug-likeness (QED) is 0.788. The maximum absolute atomic E-state index is 5.48. The van der Waals surface area contributed by atoms with Gasteiger partial charge in [0.1, 0.15) is 5.75 Å². The van der Waals surface area contributed by atoms with Crippen LogP contribution in [0.3, 0.4) is 0 Å². The number of aryl methyl sites for hydroxylation is 1. The maximum atomic E-state index is 5.48. The molecule has 0 aliphatic rings. The fraction of sp³-hybridized carbons (Fsp3) is 0.294. The van der Waals surface area contributed by atoms with E-state index in [0.717, 1.165) is 12.2 Å². The fourth-order valence-corrected chi connectivity index (χ4v) is 3.18. The molecule has 0 saturated carbocycles. The molecule has 2 rings (SSSR count). The second kappa shape index (κ2) is 7.09. The summed E-state index contributed by atoms with van der Waals surface area (Å²) in [7, 11) is 3.74. The lowest BCUT2D eigenvalue weighted by Gasteiger charge is -2.20. The van der Waals surface area contributed by atoms with E-state index < -0.39 is 0 Å². The highest BCUT2D eigenvalue weighted by molar-refractivity contribution is 14.1. The van der Waals surface area contributed by atoms with Crippen molar-refractivity contribution in [3.05, 3.63) is 62.7 Å². The molecule has 106 valence electrons. The van der Waals surface area contributed by atoms with Gasteiger partial charge in [0.15, 0.2) is 0 Å². The summed E-state index contributed by atoms with van der Waals surface area (Å²) in [5, 5.41) is 3.42. The van der Waals surface area contributed by atoms with Crippen molar-refractivity contribution >= 4 is 22.6 Å². The molecular weight excluding hydrogens is 361 g/mol. The van der Waals surface area contributed by atoms with E-state index in [1.54, 1.807) is 7.11 Å². The predicted octanol–water partition coefficient (Wildman–Crippen LogP) is 4.11. The average molecular weight is 381 g/mol. The van der Waals surface area contributed by atoms with Gasteiger partial charge in [-0.05, 0) is 66.2 Å². The molecule has 0 saturated heterocycles. The van der Waals surface area contributed by atoms with Crippen LogP contribution in [0.25, 0.3) is 0 Å². The van der Waals surface area contributed by atoms with Gasteiger partial charge >= 0.3 is 0 Å². The van der Waals surface area contributed by atoms with E-state index in [1.807, 2.05) is 13.1 Å². The highest BCUT2D eigenvalue weighted by atomic mass is 127. The van der Waals surface area contributed by atoms with Crippen LogP contribution >= 0.6 is 22.6 Å². The number of ether oxygens (including phenoxy) is 1. The van der Waals surface area contributed by atoms with Crippen LogP contribution in [0.4, 0.5) is 0 Å². The van der Waals surface area contributed by atoms with Crippen LogP contribution in [-0.4, -0.2) is 14.2 Å². The Morgan fingerprint density at radius 1 is 1.20 bits per heavy atom. The average Bonchev–Trinajstić information content (AvgIpc) is 2.46. The molecule has 2 aromatic rings. The summed E-state index contributed by atoms with van der Waals surface area (Å²) in [4.78, 5) is 0. The molecule has 2 nitrogen and oxygen atoms in total. The lowest BCUT2D eigenvalue weighted by atomic mass is 9.97. The smallest absolute Gasteiger partial charge is 0.122 e. The molecule has 1 N–H and O–H groups in total. The van der Waals surface area contributed by atoms with Gasteiger partial charge in [-0.1, -0.05) is 35.9 Å². The molecule has 0 heterocycles. The summed E-state index contributed by atoms with van der Waals surface area (Å²) < 4.78 is 6.77. The van der Waals surface area contributed by atoms with E-state index in [9.17, 15) is 0 Å². The van der Waals surface area contributed by atoms with Gasteiger partial charge in [0.25, 0.3) is 0 Å². The van der Waals surface area contributed by atoms with Crippen molar-refractivity contribution in [2.24, 2.45) is 0 Å². The minimum absolute atomic E-state index is 0.291. The van der Waals surface area contributed by atoms with Crippen LogP contribution in [0, 0.1) is 10.5 Å². The molecule has 20 heavy (non-hydrogen) atoms. The Kier molecular flexibility index (Phi) is 5.43. The van der Waals surface area contributed by atoms with Gasteiger partial charge in [-0.2, -0.15) is 0 Å². The van der Waals surface area contributed by atoms with E-state index in [0.29, 0.717) is 6.04 Å². The molecule has 0 fully saturated rings. The molecule has 3 heteroatoms. The molecule has 0 aromatic heterocycles. The summed E-state index contributed by atoms with van der Waals surface area (Å²) >= 11 is 2.40. The molecular formula is C17H20INO. The zero-order valence-electron chi connectivity index (χ0n) is 12.1. The highest BCUT2D eigenvalue weighted by Crippen LogP contribution is 2.28. The zero-order valence-corrected chi connectivity index (χ0v) is 14.3. The van der Waals surface area contributed by atoms with Crippen LogP contribution in [-0.2, 0) is 6.42 Å². The minimum Gasteiger partial charge on any atom is -0.496 e. The number of likely N-dealkylation sites (N-methyl/N-ethyl adjacent to an activating group) is 1. The standard InChI is InChI=1S/C17H20INO/c1-12-8-9-17(20-3)13(10-12)11-16(19-2)14-6-4-5-7-15(14)18/h4-10,16,19H,11H2,1-3H3. The largest absolute Gasteiger partial charge is 0.496 e. The van der Waals surface area contributed by atoms with Gasteiger partial charge in [0.05, 0.1) is 7.11 Å². The molecule has 0 aliphatic carbocycles. The Balaban J connectivity index is 2.31. The van der Waals surface area contributed by atoms with Crippen molar-refractivity contribution in [3.63, 3.8) is 0 Å². The van der Waals surface area contributed by atoms with Crippen molar-refractivity contribution in [1.82, 2.24) is 5.32 Å². The van der Waals surface area contributed by atoms with Gasteiger partial charge in [-0.25, -0.2) is 0 Å². The highest BCUT2D eigenvalue weighted by Gasteiger charge is 2.15. The first kappa shape index (κ1) is 15.3. The number of rotatable bonds is 5. The van der Waals surface area contributed by atoms with E-state index >= 15 is 0 Å². The Morgan fingerprint density at radius 2 is 1.95 bits per heavy atom. The normalized spacial score (nSPS) is 12.2. The first-order valence-electron chi connectivity index (χ1n) is 6.71. The number of hydrogen-bond donors (Lipinski definition) is 1. The second-order valence-electron chi connectivity index (χ2n) is 4.88. The molecule has 0 amide bonds. The topological polar surface area (TPSA) is 21.3 Å². The van der Waals surface area contributed by atoms with Crippen LogP contribution in [0.5, 0.6) is 5.75 Å². The number of halogens is 1. The fourth-order valence-electron chi connectivity index (χ4n) is 2.41. The molecule has 0 spiro atoms. The van der Waals surface area contributed by atoms with Crippen LogP contribution in [0.2, 0.25) is 0 Å². The van der Waals surface area contributed by atoms with Gasteiger partial charge in [0.2, 0.25) is 0 Å². The lowest BCUT2D eigenvalue weighted by molar-refractivity contribution is 0.406. The van der Waals surface area contributed by atoms with Crippen molar-refractivity contribution in [3.8, 4) is 5.75 Å². The monoisotopic (exact) mass is 381 g/mol. The predicted molar refractivity (Wildman–Crippen MR) is 92.4 cm³/mol. The number of nitrogens with one attached hydrogen (secondary N) is 1. The van der Waals surface area contributed by atoms with Crippen LogP contribution in [0.1, 0.15) is 22.7 Å². The number of methoxy groups -OCH3 is 1. The molecule has 0 aliphatic heterocycles. The molecule has 0 bridgehead atoms. The van der Waals surface area contributed by atoms with Gasteiger partial charge in [0, 0.05) is 9.61 Å². The Bertz CT molecular complexity index is 583. The SMILES string of the molecule is CNC(Cc1cc(C)ccc1OC)c1ccccc1I. The summed E-state index contributed by atoms with van der Waals surface area (Å²) in [5.41, 5.74) is 3.84. The first-order valence-corrected chi connectivity index (χ1v) is 7.78. The van der Waals surface area contributed by atoms with E-state index in [4.69, 9.17) is 4.74 Å². The van der Waals surface area contributed by atoms with Crippen LogP contribution in [0.15, 0.2) is 42.5 Å². The molecule has 1 unspecified atom stereocenters. The third kappa shape index (κ3) is 3.52. The maximum Gasteiger partial charge on any atom is 0.122 e. The first-order chi connectivity index (χ1) is 9.65. The van der Waals surface area contributed by atoms with Crippen molar-refractivity contribution in [2.45, 2.75) is 19.4 Å². The second-order valence-corrected chi connectivity index (χ2v) is 6.04. The van der Waals surface area contributed by atoms with Crippen molar-refractivity contribution in [2.75, 3.05) is 14.2 Å².